The molecule has 7 nitrogen and oxygen atoms in total. The minimum absolute atomic E-state index is 0.0422. The highest BCUT2D eigenvalue weighted by Gasteiger charge is 2.33. The Morgan fingerprint density at radius 2 is 1.50 bits per heavy atom. The summed E-state index contributed by atoms with van der Waals surface area (Å²) in [6.45, 7) is 6.42. The van der Waals surface area contributed by atoms with Crippen LogP contribution in [-0.4, -0.2) is 43.8 Å². The van der Waals surface area contributed by atoms with Crippen molar-refractivity contribution in [2.45, 2.75) is 51.2 Å². The first-order valence-corrected chi connectivity index (χ1v) is 14.3. The van der Waals surface area contributed by atoms with E-state index in [2.05, 4.69) is 5.32 Å². The van der Waals surface area contributed by atoms with E-state index in [1.165, 1.54) is 17.0 Å². The van der Waals surface area contributed by atoms with E-state index in [9.17, 15) is 18.0 Å². The smallest absolute Gasteiger partial charge is 0.264 e. The summed E-state index contributed by atoms with van der Waals surface area (Å²) in [5.41, 5.74) is 1.62. The van der Waals surface area contributed by atoms with Gasteiger partial charge < -0.3 is 10.2 Å². The molecule has 3 aromatic carbocycles. The van der Waals surface area contributed by atoms with Gasteiger partial charge in [-0.3, -0.25) is 13.9 Å². The van der Waals surface area contributed by atoms with Gasteiger partial charge in [0.25, 0.3) is 10.0 Å². The van der Waals surface area contributed by atoms with E-state index in [1.54, 1.807) is 61.5 Å². The second-order valence-corrected chi connectivity index (χ2v) is 11.9. The number of nitrogens with zero attached hydrogens (tertiary/aromatic N) is 2. The van der Waals surface area contributed by atoms with E-state index in [1.807, 2.05) is 26.8 Å². The number of amides is 2. The topological polar surface area (TPSA) is 86.8 Å². The summed E-state index contributed by atoms with van der Waals surface area (Å²) in [6.07, 6.45) is 0. The molecule has 3 aromatic rings. The first-order valence-electron chi connectivity index (χ1n) is 12.1. The van der Waals surface area contributed by atoms with Crippen LogP contribution in [0.25, 0.3) is 0 Å². The van der Waals surface area contributed by atoms with Crippen molar-refractivity contribution in [3.63, 3.8) is 0 Å². The predicted octanol–water partition coefficient (Wildman–Crippen LogP) is 5.44. The number of hydrogen-bond acceptors (Lipinski definition) is 4. The lowest BCUT2D eigenvalue weighted by Gasteiger charge is -2.32. The first-order chi connectivity index (χ1) is 17.9. The third kappa shape index (κ3) is 7.07. The Kier molecular flexibility index (Phi) is 9.82. The standard InChI is InChI=1S/C28H31Cl2N3O4S/c1-19(2)31-28(35)21(4)32(17-24-25(29)14-9-15-26(24)30)27(34)18-33(22-11-8-10-20(3)16-22)38(36,37)23-12-6-5-7-13-23/h5-16,19,21H,17-18H2,1-4H3,(H,31,35)/t21-/m1/s1. The van der Waals surface area contributed by atoms with E-state index in [0.717, 1.165) is 9.87 Å². The third-order valence-corrected chi connectivity index (χ3v) is 8.38. The number of hydrogen-bond donors (Lipinski definition) is 1. The second-order valence-electron chi connectivity index (χ2n) is 9.22. The molecule has 0 aliphatic carbocycles. The largest absolute Gasteiger partial charge is 0.352 e. The van der Waals surface area contributed by atoms with Gasteiger partial charge in [-0.15, -0.1) is 0 Å². The summed E-state index contributed by atoms with van der Waals surface area (Å²) in [5, 5.41) is 3.48. The summed E-state index contributed by atoms with van der Waals surface area (Å²) in [7, 11) is -4.12. The number of rotatable bonds is 10. The predicted molar refractivity (Wildman–Crippen MR) is 152 cm³/mol. The van der Waals surface area contributed by atoms with Gasteiger partial charge in [-0.25, -0.2) is 8.42 Å². The zero-order valence-corrected chi connectivity index (χ0v) is 24.0. The third-order valence-electron chi connectivity index (χ3n) is 5.89. The molecule has 202 valence electrons. The molecule has 0 radical (unpaired) electrons. The number of benzene rings is 3. The fourth-order valence-corrected chi connectivity index (χ4v) is 5.82. The monoisotopic (exact) mass is 575 g/mol. The van der Waals surface area contributed by atoms with Crippen molar-refractivity contribution in [2.75, 3.05) is 10.8 Å². The maximum Gasteiger partial charge on any atom is 0.264 e. The molecule has 38 heavy (non-hydrogen) atoms. The Hall–Kier alpha value is -3.07. The van der Waals surface area contributed by atoms with Crippen molar-refractivity contribution in [3.8, 4) is 0 Å². The SMILES string of the molecule is Cc1cccc(N(CC(=O)N(Cc2c(Cl)cccc2Cl)[C@H](C)C(=O)NC(C)C)S(=O)(=O)c2ccccc2)c1. The number of nitrogens with one attached hydrogen (secondary N) is 1. The molecular formula is C28H31Cl2N3O4S. The van der Waals surface area contributed by atoms with E-state index in [0.29, 0.717) is 21.3 Å². The molecule has 10 heteroatoms. The lowest BCUT2D eigenvalue weighted by molar-refractivity contribution is -0.139. The van der Waals surface area contributed by atoms with Crippen LogP contribution < -0.4 is 9.62 Å². The molecule has 0 fully saturated rings. The Morgan fingerprint density at radius 3 is 2.08 bits per heavy atom. The zero-order valence-electron chi connectivity index (χ0n) is 21.7. The fraction of sp³-hybridized carbons (Fsp3) is 0.286. The Balaban J connectivity index is 2.06. The molecular weight excluding hydrogens is 545 g/mol. The quantitative estimate of drug-likeness (QED) is 0.348. The number of aryl methyl sites for hydroxylation is 1. The summed E-state index contributed by atoms with van der Waals surface area (Å²) >= 11 is 12.8. The summed E-state index contributed by atoms with van der Waals surface area (Å²) < 4.78 is 28.6. The summed E-state index contributed by atoms with van der Waals surface area (Å²) in [6, 6.07) is 18.7. The van der Waals surface area contributed by atoms with E-state index in [-0.39, 0.29) is 23.4 Å². The van der Waals surface area contributed by atoms with Crippen LogP contribution in [-0.2, 0) is 26.2 Å². The van der Waals surface area contributed by atoms with Gasteiger partial charge in [0.15, 0.2) is 0 Å². The van der Waals surface area contributed by atoms with Gasteiger partial charge >= 0.3 is 0 Å². The molecule has 3 rings (SSSR count). The first kappa shape index (κ1) is 29.5. The number of sulfonamides is 1. The molecule has 0 spiro atoms. The molecule has 0 saturated heterocycles. The number of anilines is 1. The van der Waals surface area contributed by atoms with Crippen LogP contribution in [0.15, 0.2) is 77.7 Å². The van der Waals surface area contributed by atoms with Crippen molar-refractivity contribution in [1.82, 2.24) is 10.2 Å². The van der Waals surface area contributed by atoms with Crippen LogP contribution in [0.3, 0.4) is 0 Å². The highest BCUT2D eigenvalue weighted by molar-refractivity contribution is 7.92. The molecule has 2 amide bonds. The molecule has 1 N–H and O–H groups in total. The molecule has 0 bridgehead atoms. The summed E-state index contributed by atoms with van der Waals surface area (Å²) in [5.74, 6) is -0.974. The van der Waals surface area contributed by atoms with E-state index < -0.39 is 28.5 Å². The van der Waals surface area contributed by atoms with Gasteiger partial charge in [0, 0.05) is 28.2 Å². The molecule has 1 atom stereocenters. The Bertz CT molecular complexity index is 1380. The van der Waals surface area contributed by atoms with Gasteiger partial charge in [0.1, 0.15) is 12.6 Å². The van der Waals surface area contributed by atoms with Gasteiger partial charge in [-0.05, 0) is 69.7 Å². The molecule has 0 heterocycles. The van der Waals surface area contributed by atoms with Crippen LogP contribution in [0.1, 0.15) is 31.9 Å². The fourth-order valence-electron chi connectivity index (χ4n) is 3.87. The number of halogens is 2. The highest BCUT2D eigenvalue weighted by atomic mass is 35.5. The maximum atomic E-state index is 13.9. The molecule has 0 aliphatic heterocycles. The van der Waals surface area contributed by atoms with E-state index >= 15 is 0 Å². The molecule has 0 unspecified atom stereocenters. The number of carbonyl (C=O) groups is 2. The Labute approximate surface area is 234 Å². The van der Waals surface area contributed by atoms with Crippen molar-refractivity contribution in [2.24, 2.45) is 0 Å². The maximum absolute atomic E-state index is 13.9. The second kappa shape index (κ2) is 12.7. The van der Waals surface area contributed by atoms with Gasteiger partial charge in [-0.2, -0.15) is 0 Å². The Morgan fingerprint density at radius 1 is 0.895 bits per heavy atom. The van der Waals surface area contributed by atoms with E-state index in [4.69, 9.17) is 23.2 Å². The zero-order chi connectivity index (χ0) is 28.0. The van der Waals surface area contributed by atoms with Crippen LogP contribution in [0.4, 0.5) is 5.69 Å². The molecule has 0 aromatic heterocycles. The minimum atomic E-state index is -4.12. The van der Waals surface area contributed by atoms with Crippen LogP contribution in [0.5, 0.6) is 0 Å². The van der Waals surface area contributed by atoms with Crippen LogP contribution in [0.2, 0.25) is 10.0 Å². The van der Waals surface area contributed by atoms with Crippen molar-refractivity contribution in [3.05, 3.63) is 94.0 Å². The summed E-state index contributed by atoms with van der Waals surface area (Å²) in [4.78, 5) is 28.2. The highest BCUT2D eigenvalue weighted by Crippen LogP contribution is 2.28. The molecule has 0 saturated carbocycles. The average molecular weight is 577 g/mol. The normalized spacial score (nSPS) is 12.2. The average Bonchev–Trinajstić information content (AvgIpc) is 2.86. The van der Waals surface area contributed by atoms with Crippen LogP contribution >= 0.6 is 23.2 Å². The van der Waals surface area contributed by atoms with Gasteiger partial charge in [0.2, 0.25) is 11.8 Å². The van der Waals surface area contributed by atoms with Crippen molar-refractivity contribution < 1.29 is 18.0 Å². The van der Waals surface area contributed by atoms with Gasteiger partial charge in [-0.1, -0.05) is 59.6 Å². The van der Waals surface area contributed by atoms with Crippen LogP contribution in [0, 0.1) is 6.92 Å². The lowest BCUT2D eigenvalue weighted by Crippen LogP contribution is -2.52. The minimum Gasteiger partial charge on any atom is -0.352 e. The van der Waals surface area contributed by atoms with Gasteiger partial charge in [0.05, 0.1) is 10.6 Å². The van der Waals surface area contributed by atoms with Crippen molar-refractivity contribution in [1.29, 1.82) is 0 Å². The number of carbonyl (C=O) groups excluding carboxylic acids is 2. The van der Waals surface area contributed by atoms with Crippen molar-refractivity contribution >= 4 is 50.7 Å². The molecule has 0 aliphatic rings. The lowest BCUT2D eigenvalue weighted by atomic mass is 10.1.